The number of amides is 2. The van der Waals surface area contributed by atoms with E-state index in [2.05, 4.69) is 9.88 Å². The SMILES string of the molecule is CN1CCN(C(=O)CN2C(=O)c3cccnc3Oc3ccccc32)CC1. The van der Waals surface area contributed by atoms with Gasteiger partial charge in [0.1, 0.15) is 12.1 Å². The first kappa shape index (κ1) is 16.5. The summed E-state index contributed by atoms with van der Waals surface area (Å²) in [4.78, 5) is 35.6. The van der Waals surface area contributed by atoms with Crippen molar-refractivity contribution in [1.82, 2.24) is 14.8 Å². The van der Waals surface area contributed by atoms with Gasteiger partial charge in [0.25, 0.3) is 5.91 Å². The van der Waals surface area contributed by atoms with Crippen molar-refractivity contribution in [3.05, 3.63) is 48.2 Å². The van der Waals surface area contributed by atoms with Crippen molar-refractivity contribution in [2.75, 3.05) is 44.7 Å². The highest BCUT2D eigenvalue weighted by molar-refractivity contribution is 6.11. The number of fused-ring (bicyclic) bond motifs is 2. The van der Waals surface area contributed by atoms with Gasteiger partial charge in [-0.3, -0.25) is 14.5 Å². The number of anilines is 1. The number of ether oxygens (including phenoxy) is 1. The Balaban J connectivity index is 1.65. The van der Waals surface area contributed by atoms with Gasteiger partial charge in [-0.25, -0.2) is 4.98 Å². The number of carbonyl (C=O) groups is 2. The van der Waals surface area contributed by atoms with Gasteiger partial charge in [0.15, 0.2) is 5.75 Å². The molecular formula is C19H20N4O3. The highest BCUT2D eigenvalue weighted by Crippen LogP contribution is 2.37. The first-order valence-corrected chi connectivity index (χ1v) is 8.63. The number of nitrogens with zero attached hydrogens (tertiary/aromatic N) is 4. The van der Waals surface area contributed by atoms with Crippen LogP contribution in [0.3, 0.4) is 0 Å². The van der Waals surface area contributed by atoms with E-state index >= 15 is 0 Å². The van der Waals surface area contributed by atoms with Crippen LogP contribution in [0.2, 0.25) is 0 Å². The first-order valence-electron chi connectivity index (χ1n) is 8.63. The molecule has 2 aliphatic rings. The molecule has 0 spiro atoms. The van der Waals surface area contributed by atoms with Crippen molar-refractivity contribution in [2.24, 2.45) is 0 Å². The zero-order valence-electron chi connectivity index (χ0n) is 14.6. The van der Waals surface area contributed by atoms with Crippen LogP contribution in [0.4, 0.5) is 5.69 Å². The van der Waals surface area contributed by atoms with Crippen LogP contribution < -0.4 is 9.64 Å². The van der Waals surface area contributed by atoms with Gasteiger partial charge < -0.3 is 14.5 Å². The van der Waals surface area contributed by atoms with Gasteiger partial charge in [0, 0.05) is 32.4 Å². The molecule has 0 saturated carbocycles. The van der Waals surface area contributed by atoms with Crippen LogP contribution in [0.15, 0.2) is 42.6 Å². The van der Waals surface area contributed by atoms with E-state index in [4.69, 9.17) is 4.74 Å². The average molecular weight is 352 g/mol. The predicted molar refractivity (Wildman–Crippen MR) is 96.5 cm³/mol. The highest BCUT2D eigenvalue weighted by Gasteiger charge is 2.31. The number of benzene rings is 1. The second-order valence-electron chi connectivity index (χ2n) is 6.50. The van der Waals surface area contributed by atoms with E-state index in [0.717, 1.165) is 13.1 Å². The molecule has 1 saturated heterocycles. The lowest BCUT2D eigenvalue weighted by Gasteiger charge is -2.33. The Morgan fingerprint density at radius 2 is 1.88 bits per heavy atom. The van der Waals surface area contributed by atoms with Gasteiger partial charge in [0.2, 0.25) is 11.8 Å². The molecule has 26 heavy (non-hydrogen) atoms. The number of piperazine rings is 1. The molecule has 134 valence electrons. The molecule has 0 aliphatic carbocycles. The largest absolute Gasteiger partial charge is 0.436 e. The van der Waals surface area contributed by atoms with E-state index in [1.54, 1.807) is 30.5 Å². The molecule has 2 aliphatic heterocycles. The van der Waals surface area contributed by atoms with Gasteiger partial charge in [-0.15, -0.1) is 0 Å². The Bertz CT molecular complexity index is 846. The Morgan fingerprint density at radius 1 is 1.12 bits per heavy atom. The molecule has 0 bridgehead atoms. The van der Waals surface area contributed by atoms with E-state index in [-0.39, 0.29) is 24.2 Å². The number of likely N-dealkylation sites (N-methyl/N-ethyl adjacent to an activating group) is 1. The lowest BCUT2D eigenvalue weighted by Crippen LogP contribution is -2.50. The fourth-order valence-electron chi connectivity index (χ4n) is 3.21. The number of para-hydroxylation sites is 2. The van der Waals surface area contributed by atoms with Crippen LogP contribution in [0, 0.1) is 0 Å². The van der Waals surface area contributed by atoms with Gasteiger partial charge in [-0.2, -0.15) is 0 Å². The molecule has 7 heteroatoms. The van der Waals surface area contributed by atoms with Crippen LogP contribution >= 0.6 is 0 Å². The number of aromatic nitrogens is 1. The maximum atomic E-state index is 13.1. The Morgan fingerprint density at radius 3 is 2.69 bits per heavy atom. The van der Waals surface area contributed by atoms with Crippen molar-refractivity contribution in [3.8, 4) is 11.6 Å². The molecule has 0 unspecified atom stereocenters. The Labute approximate surface area is 151 Å². The Hall–Kier alpha value is -2.93. The van der Waals surface area contributed by atoms with Gasteiger partial charge in [-0.05, 0) is 31.3 Å². The molecule has 1 aromatic heterocycles. The summed E-state index contributed by atoms with van der Waals surface area (Å²) in [6.45, 7) is 3.01. The maximum Gasteiger partial charge on any atom is 0.264 e. The molecule has 1 fully saturated rings. The van der Waals surface area contributed by atoms with E-state index in [0.29, 0.717) is 30.1 Å². The minimum absolute atomic E-state index is 0.0166. The summed E-state index contributed by atoms with van der Waals surface area (Å²) in [6.07, 6.45) is 1.58. The summed E-state index contributed by atoms with van der Waals surface area (Å²) >= 11 is 0. The summed E-state index contributed by atoms with van der Waals surface area (Å²) in [5.74, 6) is 0.443. The maximum absolute atomic E-state index is 13.1. The lowest BCUT2D eigenvalue weighted by molar-refractivity contribution is -0.131. The van der Waals surface area contributed by atoms with Crippen LogP contribution in [0.25, 0.3) is 0 Å². The molecule has 3 heterocycles. The fraction of sp³-hybridized carbons (Fsp3) is 0.316. The quantitative estimate of drug-likeness (QED) is 0.822. The monoisotopic (exact) mass is 352 g/mol. The summed E-state index contributed by atoms with van der Waals surface area (Å²) in [5, 5.41) is 0. The molecule has 7 nitrogen and oxygen atoms in total. The third-order valence-electron chi connectivity index (χ3n) is 4.76. The van der Waals surface area contributed by atoms with Crippen molar-refractivity contribution >= 4 is 17.5 Å². The number of hydrogen-bond acceptors (Lipinski definition) is 5. The summed E-state index contributed by atoms with van der Waals surface area (Å²) in [5.41, 5.74) is 0.938. The lowest BCUT2D eigenvalue weighted by atomic mass is 10.2. The summed E-state index contributed by atoms with van der Waals surface area (Å²) < 4.78 is 5.84. The number of rotatable bonds is 2. The highest BCUT2D eigenvalue weighted by atomic mass is 16.5. The minimum Gasteiger partial charge on any atom is -0.436 e. The third-order valence-corrected chi connectivity index (χ3v) is 4.76. The molecule has 4 rings (SSSR count). The molecule has 2 amide bonds. The second-order valence-corrected chi connectivity index (χ2v) is 6.50. The molecule has 1 aromatic carbocycles. The second kappa shape index (κ2) is 6.76. The van der Waals surface area contributed by atoms with Gasteiger partial charge >= 0.3 is 0 Å². The number of carbonyl (C=O) groups excluding carboxylic acids is 2. The smallest absolute Gasteiger partial charge is 0.264 e. The number of pyridine rings is 1. The van der Waals surface area contributed by atoms with Crippen LogP contribution in [-0.2, 0) is 4.79 Å². The first-order chi connectivity index (χ1) is 12.6. The van der Waals surface area contributed by atoms with Crippen LogP contribution in [0.1, 0.15) is 10.4 Å². The van der Waals surface area contributed by atoms with E-state index in [9.17, 15) is 9.59 Å². The van der Waals surface area contributed by atoms with Gasteiger partial charge in [0.05, 0.1) is 5.69 Å². The van der Waals surface area contributed by atoms with Crippen LogP contribution in [0.5, 0.6) is 11.6 Å². The van der Waals surface area contributed by atoms with E-state index < -0.39 is 0 Å². The van der Waals surface area contributed by atoms with Crippen molar-refractivity contribution < 1.29 is 14.3 Å². The molecule has 0 radical (unpaired) electrons. The minimum atomic E-state index is -0.277. The van der Waals surface area contributed by atoms with Crippen LogP contribution in [-0.4, -0.2) is 66.4 Å². The topological polar surface area (TPSA) is 66.0 Å². The summed E-state index contributed by atoms with van der Waals surface area (Å²) in [6, 6.07) is 10.6. The van der Waals surface area contributed by atoms with E-state index in [1.165, 1.54) is 4.90 Å². The Kier molecular flexibility index (Phi) is 4.30. The average Bonchev–Trinajstić information content (AvgIpc) is 2.78. The molecule has 0 N–H and O–H groups in total. The van der Waals surface area contributed by atoms with Crippen molar-refractivity contribution in [3.63, 3.8) is 0 Å². The molecule has 0 atom stereocenters. The zero-order chi connectivity index (χ0) is 18.1. The summed E-state index contributed by atoms with van der Waals surface area (Å²) in [7, 11) is 2.04. The third kappa shape index (κ3) is 3.01. The van der Waals surface area contributed by atoms with E-state index in [1.807, 2.05) is 24.1 Å². The van der Waals surface area contributed by atoms with Crippen molar-refractivity contribution in [2.45, 2.75) is 0 Å². The molecular weight excluding hydrogens is 332 g/mol. The standard InChI is InChI=1S/C19H20N4O3/c1-21-9-11-22(12-10-21)17(24)13-23-15-6-2-3-7-16(15)26-18-14(19(23)25)5-4-8-20-18/h2-8H,9-13H2,1H3. The van der Waals surface area contributed by atoms with Crippen molar-refractivity contribution in [1.29, 1.82) is 0 Å². The molecule has 2 aromatic rings. The fourth-order valence-corrected chi connectivity index (χ4v) is 3.21. The zero-order valence-corrected chi connectivity index (χ0v) is 14.6. The number of hydrogen-bond donors (Lipinski definition) is 0. The normalized spacial score (nSPS) is 17.2. The predicted octanol–water partition coefficient (Wildman–Crippen LogP) is 1.61. The van der Waals surface area contributed by atoms with Gasteiger partial charge in [-0.1, -0.05) is 12.1 Å².